The SMILES string of the molecule is CC(=O)NC(c1ccccc1)C(O)C(=O)OC1CC2(O)C(OC(=O)c3ccccc3)C3[C@]4(O)COC4CC[C@@]3(C)C(=O)C(O)C(=C1C)C2(C)C.[Ac].[Ac]. The molecule has 2 saturated carbocycles. The van der Waals surface area contributed by atoms with Crippen LogP contribution in [0.25, 0.3) is 0 Å². The third kappa shape index (κ3) is 7.21. The molecule has 1 heterocycles. The summed E-state index contributed by atoms with van der Waals surface area (Å²) in [6.07, 6.45) is -7.16. The topological polar surface area (TPSA) is 189 Å². The summed E-state index contributed by atoms with van der Waals surface area (Å²) in [6.45, 7) is 7.49. The quantitative estimate of drug-likeness (QED) is 0.202. The molecule has 3 fully saturated rings. The number of ether oxygens (including phenoxy) is 3. The van der Waals surface area contributed by atoms with E-state index in [1.807, 2.05) is 0 Å². The summed E-state index contributed by atoms with van der Waals surface area (Å²) in [4.78, 5) is 54.2. The summed E-state index contributed by atoms with van der Waals surface area (Å²) in [5.74, 6) is -4.31. The van der Waals surface area contributed by atoms with E-state index in [2.05, 4.69) is 5.32 Å². The third-order valence-corrected chi connectivity index (χ3v) is 11.8. The van der Waals surface area contributed by atoms with Crippen LogP contribution >= 0.6 is 0 Å². The minimum Gasteiger partial charge on any atom is -0.456 e. The Morgan fingerprint density at radius 2 is 1.56 bits per heavy atom. The van der Waals surface area contributed by atoms with Crippen LogP contribution in [0, 0.1) is 105 Å². The zero-order valence-electron chi connectivity index (χ0n) is 29.9. The van der Waals surface area contributed by atoms with E-state index in [4.69, 9.17) is 14.2 Å². The van der Waals surface area contributed by atoms with Gasteiger partial charge in [0.05, 0.1) is 24.3 Å². The van der Waals surface area contributed by atoms with Crippen LogP contribution in [-0.2, 0) is 28.6 Å². The fraction of sp³-hybridized carbons (Fsp3) is 0.526. The Kier molecular flexibility index (Phi) is 13.6. The van der Waals surface area contributed by atoms with Gasteiger partial charge in [-0.05, 0) is 48.6 Å². The number of esters is 2. The molecule has 1 saturated heterocycles. The summed E-state index contributed by atoms with van der Waals surface area (Å²) >= 11 is 0. The molecule has 6 rings (SSSR count). The Hall–Kier alpha value is -1.06. The van der Waals surface area contributed by atoms with Crippen molar-refractivity contribution in [2.45, 2.75) is 102 Å². The zero-order chi connectivity index (χ0) is 36.4. The minimum atomic E-state index is -2.15. The van der Waals surface area contributed by atoms with Crippen molar-refractivity contribution in [1.29, 1.82) is 0 Å². The van der Waals surface area contributed by atoms with Gasteiger partial charge in [0.1, 0.15) is 29.5 Å². The van der Waals surface area contributed by atoms with E-state index in [0.717, 1.165) is 0 Å². The van der Waals surface area contributed by atoms with Crippen molar-refractivity contribution >= 4 is 23.6 Å². The molecule has 1 aliphatic heterocycles. The molecule has 0 spiro atoms. The molecule has 52 heavy (non-hydrogen) atoms. The van der Waals surface area contributed by atoms with Crippen molar-refractivity contribution in [2.75, 3.05) is 6.61 Å². The van der Waals surface area contributed by atoms with Gasteiger partial charge in [-0.1, -0.05) is 69.3 Å². The smallest absolute Gasteiger partial charge is 0.338 e. The van der Waals surface area contributed by atoms with Gasteiger partial charge in [0.25, 0.3) is 0 Å². The maximum absolute atomic E-state index is 14.6. The monoisotopic (exact) mass is 1150 g/mol. The van der Waals surface area contributed by atoms with Crippen LogP contribution in [0.5, 0.6) is 0 Å². The second-order valence-corrected chi connectivity index (χ2v) is 15.0. The van der Waals surface area contributed by atoms with Crippen LogP contribution in [-0.4, -0.2) is 92.4 Å². The van der Waals surface area contributed by atoms with E-state index < -0.39 is 88.1 Å². The Morgan fingerprint density at radius 1 is 0.962 bits per heavy atom. The number of hydrogen-bond donors (Lipinski definition) is 5. The number of fused-ring (bicyclic) bond motifs is 5. The maximum Gasteiger partial charge on any atom is 0.338 e. The molecule has 274 valence electrons. The molecule has 10 atom stereocenters. The molecule has 3 aliphatic carbocycles. The van der Waals surface area contributed by atoms with Gasteiger partial charge in [-0.2, -0.15) is 0 Å². The molecule has 12 nitrogen and oxygen atoms in total. The van der Waals surface area contributed by atoms with E-state index in [0.29, 0.717) is 12.0 Å². The third-order valence-electron chi connectivity index (χ3n) is 11.8. The summed E-state index contributed by atoms with van der Waals surface area (Å²) < 4.78 is 17.9. The first-order chi connectivity index (χ1) is 23.5. The normalized spacial score (nSPS) is 34.2. The second kappa shape index (κ2) is 16.2. The molecule has 1 amide bonds. The Labute approximate surface area is 374 Å². The van der Waals surface area contributed by atoms with E-state index in [1.54, 1.807) is 88.4 Å². The molecule has 2 radical (unpaired) electrons. The number of amides is 1. The van der Waals surface area contributed by atoms with Gasteiger partial charge in [0.15, 0.2) is 11.9 Å². The number of hydrogen-bond acceptors (Lipinski definition) is 11. The molecule has 2 aromatic carbocycles. The summed E-state index contributed by atoms with van der Waals surface area (Å²) in [5, 5.41) is 51.1. The Balaban J connectivity index is 0.00000302. The Bertz CT molecular complexity index is 1720. The molecule has 14 heteroatoms. The number of carbonyl (C=O) groups is 4. The number of nitrogens with one attached hydrogen (secondary N) is 1. The molecular formula is C38H45Ac2NO11. The number of rotatable bonds is 7. The Morgan fingerprint density at radius 3 is 2.12 bits per heavy atom. The van der Waals surface area contributed by atoms with Gasteiger partial charge in [-0.15, -0.1) is 0 Å². The predicted molar refractivity (Wildman–Crippen MR) is 177 cm³/mol. The van der Waals surface area contributed by atoms with Gasteiger partial charge >= 0.3 is 11.9 Å². The van der Waals surface area contributed by atoms with Crippen LogP contribution in [0.1, 0.15) is 75.8 Å². The average Bonchev–Trinajstić information content (AvgIpc) is 3.07. The van der Waals surface area contributed by atoms with Gasteiger partial charge in [0, 0.05) is 118 Å². The summed E-state index contributed by atoms with van der Waals surface area (Å²) in [7, 11) is 0. The van der Waals surface area contributed by atoms with Crippen LogP contribution in [0.4, 0.5) is 0 Å². The van der Waals surface area contributed by atoms with E-state index in [1.165, 1.54) is 6.92 Å². The number of aliphatic hydroxyl groups excluding tert-OH is 2. The zero-order valence-corrected chi connectivity index (χ0v) is 39.4. The van der Waals surface area contributed by atoms with E-state index in [9.17, 15) is 39.6 Å². The number of Topliss-reactive ketones (excluding diaryl/α,β-unsaturated/α-hetero) is 1. The number of carbonyl (C=O) groups excluding carboxylic acids is 4. The molecule has 2 aromatic rings. The molecule has 5 N–H and O–H groups in total. The first-order valence-electron chi connectivity index (χ1n) is 16.9. The van der Waals surface area contributed by atoms with Crippen molar-refractivity contribution in [3.8, 4) is 0 Å². The van der Waals surface area contributed by atoms with E-state index in [-0.39, 0.29) is 124 Å². The molecule has 0 aromatic heterocycles. The fourth-order valence-electron chi connectivity index (χ4n) is 8.97. The first-order valence-corrected chi connectivity index (χ1v) is 16.9. The first kappa shape index (κ1) is 43.7. The van der Waals surface area contributed by atoms with Crippen molar-refractivity contribution in [2.24, 2.45) is 16.7 Å². The standard InChI is InChI=1S/C38H45NO11.2Ac/c1-20-24(49-34(45)29(42)27(39-21(2)40)22-12-8-6-9-13-22)18-38(47)32(50-33(44)23-14-10-7-11-15-23)30-36(5,17-16-25-37(30,46)19-48-25)31(43)28(41)26(20)35(38,3)4;;/h6-15,24-25,27-30,32,41-42,46-47H,16-19H2,1-5H3,(H,39,40);;/t24?,25?,27?,28?,29?,30?,32?,36-,37+,38?;;/m1../s1. The summed E-state index contributed by atoms with van der Waals surface area (Å²) in [5.41, 5.74) is -5.82. The van der Waals surface area contributed by atoms with Gasteiger partial charge in [-0.3, -0.25) is 9.59 Å². The predicted octanol–water partition coefficient (Wildman–Crippen LogP) is 2.33. The van der Waals surface area contributed by atoms with Crippen LogP contribution in [0.15, 0.2) is 71.8 Å². The maximum atomic E-state index is 14.6. The number of benzene rings is 2. The van der Waals surface area contributed by atoms with Crippen molar-refractivity contribution in [3.05, 3.63) is 82.9 Å². The average molecular weight is 1150 g/mol. The van der Waals surface area contributed by atoms with Crippen LogP contribution in [0.3, 0.4) is 0 Å². The number of ketones is 1. The van der Waals surface area contributed by atoms with Gasteiger partial charge < -0.3 is 40.0 Å². The van der Waals surface area contributed by atoms with Crippen molar-refractivity contribution < 1.29 is 142 Å². The largest absolute Gasteiger partial charge is 0.456 e. The summed E-state index contributed by atoms with van der Waals surface area (Å²) in [6, 6.07) is 15.3. The molecule has 4 aliphatic rings. The van der Waals surface area contributed by atoms with E-state index >= 15 is 0 Å². The minimum absolute atomic E-state index is 0. The van der Waals surface area contributed by atoms with Crippen LogP contribution < -0.4 is 5.32 Å². The number of aliphatic hydroxyl groups is 4. The molecule has 8 unspecified atom stereocenters. The van der Waals surface area contributed by atoms with Crippen LogP contribution in [0.2, 0.25) is 0 Å². The second-order valence-electron chi connectivity index (χ2n) is 15.0. The molecule has 2 bridgehead atoms. The van der Waals surface area contributed by atoms with Crippen molar-refractivity contribution in [3.63, 3.8) is 0 Å². The fourth-order valence-corrected chi connectivity index (χ4v) is 8.97. The van der Waals surface area contributed by atoms with Gasteiger partial charge in [-0.25, -0.2) is 9.59 Å². The molecular weight excluding hydrogens is 1100 g/mol. The van der Waals surface area contributed by atoms with Crippen molar-refractivity contribution in [1.82, 2.24) is 5.32 Å². The van der Waals surface area contributed by atoms with Gasteiger partial charge in [0.2, 0.25) is 5.91 Å².